The van der Waals surface area contributed by atoms with Crippen LogP contribution in [0.3, 0.4) is 0 Å². The number of nitrogens with zero attached hydrogens (tertiary/aromatic N) is 2. The topological polar surface area (TPSA) is 77.9 Å². The molecule has 2 aromatic carbocycles. The molecule has 6 nitrogen and oxygen atoms in total. The van der Waals surface area contributed by atoms with Crippen LogP contribution in [-0.2, 0) is 14.4 Å². The summed E-state index contributed by atoms with van der Waals surface area (Å²) in [6.07, 6.45) is -4.73. The van der Waals surface area contributed by atoms with Gasteiger partial charge >= 0.3 is 12.1 Å². The summed E-state index contributed by atoms with van der Waals surface area (Å²) in [7, 11) is 0. The molecule has 3 rings (SSSR count). The van der Waals surface area contributed by atoms with Crippen LogP contribution < -0.4 is 0 Å². The SMILES string of the molecule is CC(=O)N(CC[C@H](C)N1C(=O)[C@@](C)(CC(=O)O)C[C@H](c2cccc(Cl)c2)[C@H]1c1ccc(Cl)cc1)CC(F)(F)F. The highest BCUT2D eigenvalue weighted by Gasteiger charge is 2.52. The fraction of sp³-hybridized carbons (Fsp3) is 0.464. The number of carbonyl (C=O) groups excluding carboxylic acids is 2. The number of rotatable bonds is 9. The number of alkyl halides is 3. The Kier molecular flexibility index (Phi) is 9.60. The quantitative estimate of drug-likeness (QED) is 0.354. The Labute approximate surface area is 235 Å². The van der Waals surface area contributed by atoms with Gasteiger partial charge in [0, 0.05) is 35.5 Å². The number of amides is 2. The van der Waals surface area contributed by atoms with E-state index in [0.717, 1.165) is 18.1 Å². The molecular weight excluding hydrogens is 556 g/mol. The summed E-state index contributed by atoms with van der Waals surface area (Å²) in [4.78, 5) is 40.1. The van der Waals surface area contributed by atoms with Gasteiger partial charge in [0.15, 0.2) is 0 Å². The van der Waals surface area contributed by atoms with Gasteiger partial charge in [-0.05, 0) is 55.2 Å². The number of carbonyl (C=O) groups is 3. The van der Waals surface area contributed by atoms with Crippen LogP contribution in [0.1, 0.15) is 63.1 Å². The van der Waals surface area contributed by atoms with Crippen molar-refractivity contribution in [3.05, 3.63) is 69.7 Å². The van der Waals surface area contributed by atoms with Crippen molar-refractivity contribution in [2.45, 2.75) is 64.2 Å². The van der Waals surface area contributed by atoms with Crippen LogP contribution in [-0.4, -0.2) is 58.0 Å². The van der Waals surface area contributed by atoms with Crippen LogP contribution in [0.25, 0.3) is 0 Å². The van der Waals surface area contributed by atoms with Gasteiger partial charge < -0.3 is 14.9 Å². The minimum Gasteiger partial charge on any atom is -0.481 e. The molecule has 0 unspecified atom stereocenters. The number of piperidine rings is 1. The second-order valence-corrected chi connectivity index (χ2v) is 11.3. The lowest BCUT2D eigenvalue weighted by atomic mass is 9.67. The predicted molar refractivity (Wildman–Crippen MR) is 143 cm³/mol. The summed E-state index contributed by atoms with van der Waals surface area (Å²) in [6, 6.07) is 12.8. The molecule has 0 spiro atoms. The van der Waals surface area contributed by atoms with E-state index in [-0.39, 0.29) is 25.3 Å². The monoisotopic (exact) mass is 586 g/mol. The Morgan fingerprint density at radius 3 is 2.31 bits per heavy atom. The fourth-order valence-corrected chi connectivity index (χ4v) is 5.73. The van der Waals surface area contributed by atoms with Crippen molar-refractivity contribution in [1.29, 1.82) is 0 Å². The van der Waals surface area contributed by atoms with Gasteiger partial charge in [0.25, 0.3) is 0 Å². The lowest BCUT2D eigenvalue weighted by molar-refractivity contribution is -0.163. The zero-order valence-electron chi connectivity index (χ0n) is 21.8. The smallest absolute Gasteiger partial charge is 0.406 e. The maximum atomic E-state index is 14.1. The van der Waals surface area contributed by atoms with Crippen molar-refractivity contribution in [3.63, 3.8) is 0 Å². The molecular formula is C28H31Cl2F3N2O4. The molecule has 0 aliphatic carbocycles. The zero-order valence-corrected chi connectivity index (χ0v) is 23.4. The van der Waals surface area contributed by atoms with Crippen LogP contribution in [0.5, 0.6) is 0 Å². The van der Waals surface area contributed by atoms with E-state index in [0.29, 0.717) is 14.9 Å². The second kappa shape index (κ2) is 12.2. The van der Waals surface area contributed by atoms with Gasteiger partial charge in [-0.15, -0.1) is 0 Å². The minimum atomic E-state index is -4.57. The van der Waals surface area contributed by atoms with Gasteiger partial charge in [-0.2, -0.15) is 13.2 Å². The highest BCUT2D eigenvalue weighted by molar-refractivity contribution is 6.30. The number of hydrogen-bond donors (Lipinski definition) is 1. The molecule has 212 valence electrons. The average Bonchev–Trinajstić information content (AvgIpc) is 2.82. The van der Waals surface area contributed by atoms with Crippen molar-refractivity contribution in [1.82, 2.24) is 9.80 Å². The van der Waals surface area contributed by atoms with Crippen LogP contribution in [0.4, 0.5) is 13.2 Å². The second-order valence-electron chi connectivity index (χ2n) is 10.4. The van der Waals surface area contributed by atoms with Gasteiger partial charge in [0.2, 0.25) is 11.8 Å². The maximum Gasteiger partial charge on any atom is 0.406 e. The Morgan fingerprint density at radius 1 is 1.13 bits per heavy atom. The Morgan fingerprint density at radius 2 is 1.77 bits per heavy atom. The number of likely N-dealkylation sites (tertiary alicyclic amines) is 1. The van der Waals surface area contributed by atoms with Crippen molar-refractivity contribution in [3.8, 4) is 0 Å². The number of aliphatic carboxylic acids is 1. The van der Waals surface area contributed by atoms with Gasteiger partial charge in [0.05, 0.1) is 17.9 Å². The summed E-state index contributed by atoms with van der Waals surface area (Å²) in [5.41, 5.74) is 0.245. The van der Waals surface area contributed by atoms with Crippen LogP contribution in [0, 0.1) is 5.41 Å². The fourth-order valence-electron chi connectivity index (χ4n) is 5.41. The first-order valence-corrected chi connectivity index (χ1v) is 13.2. The van der Waals surface area contributed by atoms with Crippen LogP contribution in [0.2, 0.25) is 10.0 Å². The molecule has 0 radical (unpaired) electrons. The van der Waals surface area contributed by atoms with Crippen molar-refractivity contribution < 1.29 is 32.7 Å². The molecule has 1 fully saturated rings. The van der Waals surface area contributed by atoms with Crippen LogP contribution in [0.15, 0.2) is 48.5 Å². The predicted octanol–water partition coefficient (Wildman–Crippen LogP) is 6.72. The highest BCUT2D eigenvalue weighted by atomic mass is 35.5. The van der Waals surface area contributed by atoms with E-state index in [1.165, 1.54) is 0 Å². The van der Waals surface area contributed by atoms with Crippen LogP contribution >= 0.6 is 23.2 Å². The third-order valence-electron chi connectivity index (χ3n) is 7.24. The van der Waals surface area contributed by atoms with Crippen molar-refractivity contribution in [2.24, 2.45) is 5.41 Å². The molecule has 1 N–H and O–H groups in total. The number of benzene rings is 2. The molecule has 1 aliphatic rings. The van der Waals surface area contributed by atoms with E-state index in [2.05, 4.69) is 0 Å². The van der Waals surface area contributed by atoms with Gasteiger partial charge in [0.1, 0.15) is 6.54 Å². The third-order valence-corrected chi connectivity index (χ3v) is 7.73. The first kappa shape index (κ1) is 30.8. The first-order valence-electron chi connectivity index (χ1n) is 12.5. The Balaban J connectivity index is 2.10. The van der Waals surface area contributed by atoms with Gasteiger partial charge in [-0.25, -0.2) is 0 Å². The van der Waals surface area contributed by atoms with E-state index in [4.69, 9.17) is 23.2 Å². The molecule has 2 aromatic rings. The molecule has 0 saturated carbocycles. The third kappa shape index (κ3) is 7.66. The Hall–Kier alpha value is -2.78. The largest absolute Gasteiger partial charge is 0.481 e. The molecule has 1 heterocycles. The van der Waals surface area contributed by atoms with Crippen molar-refractivity contribution >= 4 is 41.0 Å². The zero-order chi connectivity index (χ0) is 29.1. The number of carboxylic acids is 1. The molecule has 1 saturated heterocycles. The molecule has 11 heteroatoms. The molecule has 4 atom stereocenters. The summed E-state index contributed by atoms with van der Waals surface area (Å²) in [5.74, 6) is -2.67. The van der Waals surface area contributed by atoms with Crippen molar-refractivity contribution in [2.75, 3.05) is 13.1 Å². The number of carboxylic acid groups (broad SMARTS) is 1. The van der Waals surface area contributed by atoms with Gasteiger partial charge in [-0.1, -0.05) is 54.4 Å². The number of halogens is 5. The normalized spacial score (nSPS) is 22.5. The summed E-state index contributed by atoms with van der Waals surface area (Å²) in [6.45, 7) is 2.74. The summed E-state index contributed by atoms with van der Waals surface area (Å²) < 4.78 is 39.2. The lowest BCUT2D eigenvalue weighted by Gasteiger charge is -2.51. The Bertz CT molecular complexity index is 1210. The maximum absolute atomic E-state index is 14.1. The van der Waals surface area contributed by atoms with Gasteiger partial charge in [-0.3, -0.25) is 14.4 Å². The molecule has 39 heavy (non-hydrogen) atoms. The first-order chi connectivity index (χ1) is 18.1. The standard InChI is InChI=1S/C28H31Cl2F3N2O4/c1-17(11-12-34(18(2)36)16-28(31,32)33)35-25(19-7-9-21(29)10-8-19)23(20-5-4-6-22(30)13-20)14-27(3,26(35)39)15-24(37)38/h4-10,13,17,23,25H,11-12,14-16H2,1-3H3,(H,37,38)/t17-,23+,25+,27+/m0/s1. The molecule has 0 bridgehead atoms. The lowest BCUT2D eigenvalue weighted by Crippen LogP contribution is -2.56. The highest BCUT2D eigenvalue weighted by Crippen LogP contribution is 2.52. The van der Waals surface area contributed by atoms with E-state index in [1.807, 2.05) is 6.07 Å². The minimum absolute atomic E-state index is 0.0525. The number of hydrogen-bond acceptors (Lipinski definition) is 3. The van der Waals surface area contributed by atoms with E-state index in [1.54, 1.807) is 61.2 Å². The summed E-state index contributed by atoms with van der Waals surface area (Å²) >= 11 is 12.4. The summed E-state index contributed by atoms with van der Waals surface area (Å²) in [5, 5.41) is 10.6. The van der Waals surface area contributed by atoms with E-state index < -0.39 is 54.4 Å². The average molecular weight is 587 g/mol. The van der Waals surface area contributed by atoms with E-state index in [9.17, 15) is 32.7 Å². The molecule has 1 aliphatic heterocycles. The van der Waals surface area contributed by atoms with E-state index >= 15 is 0 Å². The molecule has 2 amide bonds. The molecule has 0 aromatic heterocycles.